The molecule has 9 heteroatoms. The van der Waals surface area contributed by atoms with E-state index in [-0.39, 0.29) is 24.7 Å². The van der Waals surface area contributed by atoms with Gasteiger partial charge in [-0.25, -0.2) is 0 Å². The second kappa shape index (κ2) is 9.42. The molecule has 0 bridgehead atoms. The highest BCUT2D eigenvalue weighted by atomic mass is 19.4. The van der Waals surface area contributed by atoms with Gasteiger partial charge < -0.3 is 15.4 Å². The molecule has 0 aromatic heterocycles. The smallest absolute Gasteiger partial charge is 0.406 e. The van der Waals surface area contributed by atoms with Gasteiger partial charge in [-0.2, -0.15) is 0 Å². The molecule has 0 unspecified atom stereocenters. The zero-order chi connectivity index (χ0) is 21.6. The van der Waals surface area contributed by atoms with E-state index >= 15 is 0 Å². The Morgan fingerprint density at radius 1 is 0.897 bits per heavy atom. The standard InChI is InChI=1S/C20H22F3N3O3/c1-13-4-5-16(10-14(13)2)25-19(28)12-26(3)11-18(27)24-15-6-8-17(9-7-15)29-20(21,22)23/h4-10H,11-12H2,1-3H3,(H,24,27)(H,25,28). The number of alkyl halides is 3. The summed E-state index contributed by atoms with van der Waals surface area (Å²) in [5.74, 6) is -1.05. The van der Waals surface area contributed by atoms with Gasteiger partial charge in [0.2, 0.25) is 11.8 Å². The third-order valence-electron chi connectivity index (χ3n) is 3.99. The first-order chi connectivity index (χ1) is 13.5. The van der Waals surface area contributed by atoms with Crippen LogP contribution in [-0.4, -0.2) is 43.2 Å². The molecule has 2 amide bonds. The van der Waals surface area contributed by atoms with Gasteiger partial charge >= 0.3 is 6.36 Å². The van der Waals surface area contributed by atoms with Crippen LogP contribution in [0, 0.1) is 13.8 Å². The fourth-order valence-electron chi connectivity index (χ4n) is 2.51. The van der Waals surface area contributed by atoms with E-state index in [1.807, 2.05) is 26.0 Å². The molecule has 0 radical (unpaired) electrons. The van der Waals surface area contributed by atoms with Crippen LogP contribution in [0.2, 0.25) is 0 Å². The van der Waals surface area contributed by atoms with Gasteiger partial charge in [-0.05, 0) is 68.4 Å². The Balaban J connectivity index is 1.80. The van der Waals surface area contributed by atoms with Crippen molar-refractivity contribution in [1.29, 1.82) is 0 Å². The number of carbonyl (C=O) groups is 2. The van der Waals surface area contributed by atoms with E-state index < -0.39 is 12.3 Å². The fraction of sp³-hybridized carbons (Fsp3) is 0.300. The summed E-state index contributed by atoms with van der Waals surface area (Å²) in [5, 5.41) is 5.32. The number of nitrogens with zero attached hydrogens (tertiary/aromatic N) is 1. The van der Waals surface area contributed by atoms with Crippen molar-refractivity contribution in [2.24, 2.45) is 0 Å². The van der Waals surface area contributed by atoms with Crippen molar-refractivity contribution in [2.45, 2.75) is 20.2 Å². The van der Waals surface area contributed by atoms with Gasteiger partial charge in [0.1, 0.15) is 5.75 Å². The molecule has 6 nitrogen and oxygen atoms in total. The lowest BCUT2D eigenvalue weighted by molar-refractivity contribution is -0.274. The summed E-state index contributed by atoms with van der Waals surface area (Å²) in [6.45, 7) is 3.85. The van der Waals surface area contributed by atoms with Crippen LogP contribution in [0.4, 0.5) is 24.5 Å². The topological polar surface area (TPSA) is 70.7 Å². The number of aryl methyl sites for hydroxylation is 2. The van der Waals surface area contributed by atoms with Gasteiger partial charge in [-0.1, -0.05) is 6.07 Å². The summed E-state index contributed by atoms with van der Waals surface area (Å²) < 4.78 is 40.2. The maximum atomic E-state index is 12.1. The molecular formula is C20H22F3N3O3. The van der Waals surface area contributed by atoms with E-state index in [2.05, 4.69) is 15.4 Å². The molecule has 156 valence electrons. The van der Waals surface area contributed by atoms with Crippen LogP contribution in [0.5, 0.6) is 5.75 Å². The van der Waals surface area contributed by atoms with Crippen LogP contribution in [0.15, 0.2) is 42.5 Å². The Morgan fingerprint density at radius 3 is 1.93 bits per heavy atom. The van der Waals surface area contributed by atoms with Crippen molar-refractivity contribution < 1.29 is 27.5 Å². The number of halogens is 3. The summed E-state index contributed by atoms with van der Waals surface area (Å²) in [4.78, 5) is 25.7. The van der Waals surface area contributed by atoms with Crippen molar-refractivity contribution in [3.8, 4) is 5.75 Å². The molecule has 0 saturated carbocycles. The quantitative estimate of drug-likeness (QED) is 0.732. The molecule has 0 aliphatic carbocycles. The monoisotopic (exact) mass is 409 g/mol. The lowest BCUT2D eigenvalue weighted by Gasteiger charge is -2.16. The number of anilines is 2. The normalized spacial score (nSPS) is 11.3. The largest absolute Gasteiger partial charge is 0.573 e. The highest BCUT2D eigenvalue weighted by molar-refractivity contribution is 5.94. The van der Waals surface area contributed by atoms with Crippen LogP contribution in [0.3, 0.4) is 0 Å². The number of likely N-dealkylation sites (N-methyl/N-ethyl adjacent to an activating group) is 1. The summed E-state index contributed by atoms with van der Waals surface area (Å²) in [6, 6.07) is 10.4. The minimum Gasteiger partial charge on any atom is -0.406 e. The van der Waals surface area contributed by atoms with Crippen LogP contribution >= 0.6 is 0 Å². The fourth-order valence-corrected chi connectivity index (χ4v) is 2.51. The molecule has 0 fully saturated rings. The van der Waals surface area contributed by atoms with Crippen molar-refractivity contribution in [1.82, 2.24) is 4.90 Å². The van der Waals surface area contributed by atoms with Crippen molar-refractivity contribution in [3.05, 3.63) is 53.6 Å². The molecule has 29 heavy (non-hydrogen) atoms. The number of carbonyl (C=O) groups excluding carboxylic acids is 2. The first-order valence-electron chi connectivity index (χ1n) is 8.73. The predicted octanol–water partition coefficient (Wildman–Crippen LogP) is 3.71. The highest BCUT2D eigenvalue weighted by Crippen LogP contribution is 2.23. The van der Waals surface area contributed by atoms with E-state index in [1.54, 1.807) is 13.1 Å². The van der Waals surface area contributed by atoms with E-state index in [0.717, 1.165) is 23.3 Å². The minimum atomic E-state index is -4.77. The molecule has 0 heterocycles. The summed E-state index contributed by atoms with van der Waals surface area (Å²) in [6.07, 6.45) is -4.77. The Bertz CT molecular complexity index is 868. The molecule has 0 aliphatic heterocycles. The average molecular weight is 409 g/mol. The van der Waals surface area contributed by atoms with E-state index in [4.69, 9.17) is 0 Å². The third-order valence-corrected chi connectivity index (χ3v) is 3.99. The number of hydrogen-bond donors (Lipinski definition) is 2. The zero-order valence-corrected chi connectivity index (χ0v) is 16.3. The van der Waals surface area contributed by atoms with Gasteiger partial charge in [-0.15, -0.1) is 13.2 Å². The zero-order valence-electron chi connectivity index (χ0n) is 16.3. The van der Waals surface area contributed by atoms with Gasteiger partial charge in [0, 0.05) is 11.4 Å². The maximum Gasteiger partial charge on any atom is 0.573 e. The Kier molecular flexibility index (Phi) is 7.22. The number of benzene rings is 2. The first-order valence-corrected chi connectivity index (χ1v) is 8.73. The average Bonchev–Trinajstić information content (AvgIpc) is 2.58. The van der Waals surface area contributed by atoms with Crippen LogP contribution in [-0.2, 0) is 9.59 Å². The highest BCUT2D eigenvalue weighted by Gasteiger charge is 2.30. The Labute approximate surface area is 166 Å². The van der Waals surface area contributed by atoms with Crippen LogP contribution in [0.1, 0.15) is 11.1 Å². The van der Waals surface area contributed by atoms with Crippen molar-refractivity contribution in [2.75, 3.05) is 30.8 Å². The predicted molar refractivity (Wildman–Crippen MR) is 104 cm³/mol. The number of rotatable bonds is 7. The lowest BCUT2D eigenvalue weighted by Crippen LogP contribution is -2.36. The lowest BCUT2D eigenvalue weighted by atomic mass is 10.1. The number of nitrogens with one attached hydrogen (secondary N) is 2. The van der Waals surface area contributed by atoms with Gasteiger partial charge in [-0.3, -0.25) is 14.5 Å². The maximum absolute atomic E-state index is 12.1. The van der Waals surface area contributed by atoms with Crippen molar-refractivity contribution in [3.63, 3.8) is 0 Å². The van der Waals surface area contributed by atoms with Gasteiger partial charge in [0.15, 0.2) is 0 Å². The number of hydrogen-bond acceptors (Lipinski definition) is 4. The van der Waals surface area contributed by atoms with Crippen LogP contribution < -0.4 is 15.4 Å². The number of amides is 2. The van der Waals surface area contributed by atoms with Gasteiger partial charge in [0.05, 0.1) is 13.1 Å². The summed E-state index contributed by atoms with van der Waals surface area (Å²) >= 11 is 0. The number of ether oxygens (including phenoxy) is 1. The molecule has 0 aliphatic rings. The molecule has 0 spiro atoms. The van der Waals surface area contributed by atoms with Crippen LogP contribution in [0.25, 0.3) is 0 Å². The molecule has 2 rings (SSSR count). The van der Waals surface area contributed by atoms with E-state index in [0.29, 0.717) is 11.4 Å². The molecule has 0 saturated heterocycles. The molecule has 2 N–H and O–H groups in total. The summed E-state index contributed by atoms with van der Waals surface area (Å²) in [7, 11) is 1.61. The second-order valence-electron chi connectivity index (χ2n) is 6.64. The van der Waals surface area contributed by atoms with Gasteiger partial charge in [0.25, 0.3) is 0 Å². The molecule has 2 aromatic carbocycles. The van der Waals surface area contributed by atoms with E-state index in [9.17, 15) is 22.8 Å². The Hall–Kier alpha value is -3.07. The summed E-state index contributed by atoms with van der Waals surface area (Å²) in [5.41, 5.74) is 3.17. The molecule has 2 aromatic rings. The van der Waals surface area contributed by atoms with Crippen molar-refractivity contribution >= 4 is 23.2 Å². The second-order valence-corrected chi connectivity index (χ2v) is 6.64. The Morgan fingerprint density at radius 2 is 1.41 bits per heavy atom. The molecular weight excluding hydrogens is 387 g/mol. The van der Waals surface area contributed by atoms with E-state index in [1.165, 1.54) is 17.0 Å². The third kappa shape index (κ3) is 7.82. The molecule has 0 atom stereocenters. The minimum absolute atomic E-state index is 0.00129. The first kappa shape index (κ1) is 22.2. The SMILES string of the molecule is Cc1ccc(NC(=O)CN(C)CC(=O)Nc2ccc(OC(F)(F)F)cc2)cc1C.